The topological polar surface area (TPSA) is 25.2 Å². The van der Waals surface area contributed by atoms with Crippen LogP contribution < -0.4 is 5.56 Å². The molecule has 128 valence electrons. The van der Waals surface area contributed by atoms with Gasteiger partial charge in [0.2, 0.25) is 0 Å². The molecular weight excluding hydrogens is 296 g/mol. The van der Waals surface area contributed by atoms with E-state index in [0.717, 1.165) is 31.5 Å². The SMILES string of the molecule is CCC(C)c1ccc(-c2cn(C)c(=O)c3c2CN(C)CC3)cc1C. The Kier molecular flexibility index (Phi) is 4.64. The monoisotopic (exact) mass is 324 g/mol. The number of benzene rings is 1. The highest BCUT2D eigenvalue weighted by Crippen LogP contribution is 2.31. The quantitative estimate of drug-likeness (QED) is 0.856. The van der Waals surface area contributed by atoms with Gasteiger partial charge in [-0.3, -0.25) is 4.79 Å². The Morgan fingerprint density at radius 1 is 1.21 bits per heavy atom. The number of hydrogen-bond donors (Lipinski definition) is 0. The van der Waals surface area contributed by atoms with Crippen molar-refractivity contribution in [3.63, 3.8) is 0 Å². The Labute approximate surface area is 144 Å². The van der Waals surface area contributed by atoms with E-state index in [4.69, 9.17) is 0 Å². The van der Waals surface area contributed by atoms with E-state index in [1.807, 2.05) is 13.2 Å². The fraction of sp³-hybridized carbons (Fsp3) is 0.476. The van der Waals surface area contributed by atoms with Crippen LogP contribution in [0.1, 0.15) is 48.4 Å². The molecule has 3 rings (SSSR count). The first kappa shape index (κ1) is 17.0. The van der Waals surface area contributed by atoms with Crippen LogP contribution in [0.4, 0.5) is 0 Å². The Morgan fingerprint density at radius 3 is 2.62 bits per heavy atom. The van der Waals surface area contributed by atoms with Gasteiger partial charge in [0.1, 0.15) is 0 Å². The molecule has 3 heteroatoms. The highest BCUT2D eigenvalue weighted by Gasteiger charge is 2.21. The van der Waals surface area contributed by atoms with Crippen LogP contribution in [-0.4, -0.2) is 23.1 Å². The molecule has 0 saturated carbocycles. The molecule has 0 spiro atoms. The van der Waals surface area contributed by atoms with E-state index in [1.165, 1.54) is 27.8 Å². The van der Waals surface area contributed by atoms with E-state index in [-0.39, 0.29) is 5.56 Å². The van der Waals surface area contributed by atoms with Crippen LogP contribution in [0.2, 0.25) is 0 Å². The van der Waals surface area contributed by atoms with Gasteiger partial charge in [0.05, 0.1) is 0 Å². The minimum atomic E-state index is 0.162. The van der Waals surface area contributed by atoms with Crippen LogP contribution in [0.25, 0.3) is 11.1 Å². The number of hydrogen-bond acceptors (Lipinski definition) is 2. The van der Waals surface area contributed by atoms with Crippen LogP contribution in [0.5, 0.6) is 0 Å². The maximum absolute atomic E-state index is 12.5. The number of nitrogens with zero attached hydrogens (tertiary/aromatic N) is 2. The molecule has 2 heterocycles. The lowest BCUT2D eigenvalue weighted by molar-refractivity contribution is 0.311. The van der Waals surface area contributed by atoms with Crippen molar-refractivity contribution in [2.75, 3.05) is 13.6 Å². The molecule has 0 N–H and O–H groups in total. The van der Waals surface area contributed by atoms with Crippen LogP contribution in [0.3, 0.4) is 0 Å². The van der Waals surface area contributed by atoms with Gasteiger partial charge in [0.15, 0.2) is 0 Å². The molecule has 0 bridgehead atoms. The van der Waals surface area contributed by atoms with Crippen LogP contribution in [0, 0.1) is 6.92 Å². The standard InChI is InChI=1S/C21H28N2O/c1-6-14(2)17-8-7-16(11-15(17)3)19-13-23(5)21(24)18-9-10-22(4)12-20(18)19/h7-8,11,13-14H,6,9-10,12H2,1-5H3. The lowest BCUT2D eigenvalue weighted by atomic mass is 9.89. The molecule has 0 saturated heterocycles. The zero-order chi connectivity index (χ0) is 17.4. The molecule has 1 unspecified atom stereocenters. The zero-order valence-corrected chi connectivity index (χ0v) is 15.5. The third-order valence-corrected chi connectivity index (χ3v) is 5.49. The van der Waals surface area contributed by atoms with E-state index in [1.54, 1.807) is 4.57 Å². The average molecular weight is 324 g/mol. The maximum atomic E-state index is 12.5. The van der Waals surface area contributed by atoms with E-state index < -0.39 is 0 Å². The summed E-state index contributed by atoms with van der Waals surface area (Å²) in [7, 11) is 3.99. The molecule has 1 aliphatic heterocycles. The second-order valence-electron chi connectivity index (χ2n) is 7.28. The van der Waals surface area contributed by atoms with Crippen molar-refractivity contribution >= 4 is 0 Å². The predicted octanol–water partition coefficient (Wildman–Crippen LogP) is 3.86. The minimum absolute atomic E-state index is 0.162. The Hall–Kier alpha value is -1.87. The minimum Gasteiger partial charge on any atom is -0.318 e. The summed E-state index contributed by atoms with van der Waals surface area (Å²) in [5, 5.41) is 0. The summed E-state index contributed by atoms with van der Waals surface area (Å²) in [6.07, 6.45) is 4.01. The van der Waals surface area contributed by atoms with Crippen molar-refractivity contribution < 1.29 is 0 Å². The molecule has 0 radical (unpaired) electrons. The average Bonchev–Trinajstić information content (AvgIpc) is 2.57. The third-order valence-electron chi connectivity index (χ3n) is 5.49. The van der Waals surface area contributed by atoms with Crippen LogP contribution in [0.15, 0.2) is 29.2 Å². The summed E-state index contributed by atoms with van der Waals surface area (Å²) in [6, 6.07) is 6.78. The summed E-state index contributed by atoms with van der Waals surface area (Å²) in [5.74, 6) is 0.583. The molecule has 24 heavy (non-hydrogen) atoms. The van der Waals surface area contributed by atoms with Crippen molar-refractivity contribution in [3.8, 4) is 11.1 Å². The largest absolute Gasteiger partial charge is 0.318 e. The second kappa shape index (κ2) is 6.56. The van der Waals surface area contributed by atoms with E-state index >= 15 is 0 Å². The number of likely N-dealkylation sites (N-methyl/N-ethyl adjacent to an activating group) is 1. The third kappa shape index (κ3) is 2.93. The molecule has 1 aliphatic rings. The van der Waals surface area contributed by atoms with Gasteiger partial charge in [0, 0.05) is 37.5 Å². The van der Waals surface area contributed by atoms with Crippen LogP contribution in [-0.2, 0) is 20.0 Å². The summed E-state index contributed by atoms with van der Waals surface area (Å²) in [5.41, 5.74) is 7.57. The number of pyridine rings is 1. The van der Waals surface area contributed by atoms with Gasteiger partial charge >= 0.3 is 0 Å². The molecule has 1 aromatic carbocycles. The second-order valence-corrected chi connectivity index (χ2v) is 7.28. The number of aryl methyl sites for hydroxylation is 2. The fourth-order valence-electron chi connectivity index (χ4n) is 3.79. The molecule has 1 atom stereocenters. The van der Waals surface area contributed by atoms with Crippen molar-refractivity contribution in [2.45, 2.75) is 46.1 Å². The highest BCUT2D eigenvalue weighted by atomic mass is 16.1. The normalized spacial score (nSPS) is 16.0. The van der Waals surface area contributed by atoms with Crippen LogP contribution >= 0.6 is 0 Å². The van der Waals surface area contributed by atoms with Gasteiger partial charge < -0.3 is 9.47 Å². The summed E-state index contributed by atoms with van der Waals surface area (Å²) >= 11 is 0. The van der Waals surface area contributed by atoms with Crippen molar-refractivity contribution in [1.82, 2.24) is 9.47 Å². The smallest absolute Gasteiger partial charge is 0.253 e. The first-order valence-corrected chi connectivity index (χ1v) is 8.93. The lowest BCUT2D eigenvalue weighted by Gasteiger charge is -2.27. The van der Waals surface area contributed by atoms with Gasteiger partial charge in [-0.25, -0.2) is 0 Å². The van der Waals surface area contributed by atoms with Gasteiger partial charge in [-0.05, 0) is 55.0 Å². The van der Waals surface area contributed by atoms with Gasteiger partial charge in [-0.15, -0.1) is 0 Å². The van der Waals surface area contributed by atoms with Crippen molar-refractivity contribution in [2.24, 2.45) is 7.05 Å². The molecule has 2 aromatic rings. The summed E-state index contributed by atoms with van der Waals surface area (Å²) < 4.78 is 1.75. The van der Waals surface area contributed by atoms with Crippen molar-refractivity contribution in [1.29, 1.82) is 0 Å². The Morgan fingerprint density at radius 2 is 1.96 bits per heavy atom. The molecule has 1 aromatic heterocycles. The molecular formula is C21H28N2O. The number of rotatable bonds is 3. The first-order valence-electron chi connectivity index (χ1n) is 8.93. The first-order chi connectivity index (χ1) is 11.4. The highest BCUT2D eigenvalue weighted by molar-refractivity contribution is 5.69. The number of fused-ring (bicyclic) bond motifs is 1. The Bertz CT molecular complexity index is 819. The zero-order valence-electron chi connectivity index (χ0n) is 15.5. The van der Waals surface area contributed by atoms with Gasteiger partial charge in [-0.2, -0.15) is 0 Å². The molecule has 0 aliphatic carbocycles. The van der Waals surface area contributed by atoms with Gasteiger partial charge in [-0.1, -0.05) is 32.0 Å². The summed E-state index contributed by atoms with van der Waals surface area (Å²) in [4.78, 5) is 14.8. The molecule has 3 nitrogen and oxygen atoms in total. The number of aromatic nitrogens is 1. The van der Waals surface area contributed by atoms with Gasteiger partial charge in [0.25, 0.3) is 5.56 Å². The van der Waals surface area contributed by atoms with Crippen molar-refractivity contribution in [3.05, 3.63) is 57.0 Å². The Balaban J connectivity index is 2.15. The predicted molar refractivity (Wildman–Crippen MR) is 101 cm³/mol. The van der Waals surface area contributed by atoms with E-state index in [0.29, 0.717) is 5.92 Å². The van der Waals surface area contributed by atoms with E-state index in [9.17, 15) is 4.79 Å². The molecule has 0 fully saturated rings. The van der Waals surface area contributed by atoms with E-state index in [2.05, 4.69) is 50.9 Å². The fourth-order valence-corrected chi connectivity index (χ4v) is 3.79. The maximum Gasteiger partial charge on any atom is 0.253 e. The lowest BCUT2D eigenvalue weighted by Crippen LogP contribution is -2.34. The summed E-state index contributed by atoms with van der Waals surface area (Å²) in [6.45, 7) is 8.53. The molecule has 0 amide bonds.